The second kappa shape index (κ2) is 14.4. The molecule has 0 amide bonds. The number of hydrogen-bond donors (Lipinski definition) is 7. The molecule has 3 aliphatic heterocycles. The van der Waals surface area contributed by atoms with Gasteiger partial charge in [0.25, 0.3) is 0 Å². The second-order valence-corrected chi connectivity index (χ2v) is 18.2. The van der Waals surface area contributed by atoms with Crippen LogP contribution in [0.3, 0.4) is 0 Å². The zero-order valence-corrected chi connectivity index (χ0v) is 31.3. The summed E-state index contributed by atoms with van der Waals surface area (Å²) in [6.45, 7) is 10.9. The summed E-state index contributed by atoms with van der Waals surface area (Å²) in [5.41, 5.74) is 0.717. The normalized spacial score (nSPS) is 52.4. The van der Waals surface area contributed by atoms with Crippen LogP contribution in [-0.4, -0.2) is 129 Å². The van der Waals surface area contributed by atoms with E-state index in [4.69, 9.17) is 23.7 Å². The van der Waals surface area contributed by atoms with Crippen LogP contribution in [-0.2, 0) is 28.5 Å². The smallest absolute Gasteiger partial charge is 0.186 e. The molecule has 4 aliphatic carbocycles. The topological polar surface area (TPSA) is 205 Å². The molecular weight excluding hydrogens is 676 g/mol. The van der Waals surface area contributed by atoms with E-state index in [9.17, 15) is 40.5 Å². The molecule has 7 rings (SSSR count). The lowest BCUT2D eigenvalue weighted by Crippen LogP contribution is -2.65. The van der Waals surface area contributed by atoms with Gasteiger partial charge in [0.15, 0.2) is 12.6 Å². The van der Waals surface area contributed by atoms with Crippen molar-refractivity contribution in [3.63, 3.8) is 0 Å². The molecule has 0 aromatic rings. The van der Waals surface area contributed by atoms with Gasteiger partial charge in [-0.1, -0.05) is 27.7 Å². The first-order valence-corrected chi connectivity index (χ1v) is 19.7. The van der Waals surface area contributed by atoms with Crippen LogP contribution in [0.5, 0.6) is 0 Å². The van der Waals surface area contributed by atoms with Crippen LogP contribution in [0.1, 0.15) is 92.4 Å². The Kier molecular flexibility index (Phi) is 10.8. The van der Waals surface area contributed by atoms with E-state index in [0.29, 0.717) is 36.5 Å². The fraction of sp³-hybridized carbons (Fsp3) is 0.923. The summed E-state index contributed by atoms with van der Waals surface area (Å²) in [5, 5.41) is 71.3. The van der Waals surface area contributed by atoms with Gasteiger partial charge in [-0.2, -0.15) is 0 Å². The van der Waals surface area contributed by atoms with E-state index in [-0.39, 0.29) is 48.0 Å². The number of aliphatic hydroxyl groups is 7. The van der Waals surface area contributed by atoms with Crippen LogP contribution in [0.15, 0.2) is 11.3 Å². The molecule has 19 atom stereocenters. The van der Waals surface area contributed by atoms with Gasteiger partial charge in [-0.3, -0.25) is 4.79 Å². The third kappa shape index (κ3) is 6.22. The highest BCUT2D eigenvalue weighted by atomic mass is 16.7. The van der Waals surface area contributed by atoms with Gasteiger partial charge >= 0.3 is 0 Å². The molecule has 0 aromatic carbocycles. The van der Waals surface area contributed by atoms with E-state index in [1.165, 1.54) is 5.57 Å². The molecular formula is C39H62O13. The Hall–Kier alpha value is -1.23. The predicted octanol–water partition coefficient (Wildman–Crippen LogP) is 1.55. The molecule has 0 radical (unpaired) electrons. The molecule has 52 heavy (non-hydrogen) atoms. The van der Waals surface area contributed by atoms with Gasteiger partial charge in [0.1, 0.15) is 54.6 Å². The van der Waals surface area contributed by atoms with E-state index in [0.717, 1.165) is 50.7 Å². The number of ether oxygens (including phenoxy) is 5. The minimum absolute atomic E-state index is 0.0236. The lowest BCUT2D eigenvalue weighted by Gasteiger charge is -2.66. The Morgan fingerprint density at radius 1 is 0.904 bits per heavy atom. The zero-order chi connectivity index (χ0) is 37.5. The molecule has 0 aromatic heterocycles. The number of fused-ring (bicyclic) bond motifs is 7. The molecule has 3 heterocycles. The molecule has 2 saturated heterocycles. The fourth-order valence-electron chi connectivity index (χ4n) is 12.2. The third-order valence-corrected chi connectivity index (χ3v) is 15.5. The number of carbonyl (C=O) groups excluding carboxylic acids is 1. The molecule has 0 spiro atoms. The number of allylic oxidation sites excluding steroid dienone is 1. The number of aliphatic hydroxyl groups excluding tert-OH is 7. The minimum atomic E-state index is -1.47. The Bertz CT molecular complexity index is 1360. The highest BCUT2D eigenvalue weighted by Gasteiger charge is 2.69. The molecule has 6 fully saturated rings. The van der Waals surface area contributed by atoms with Crippen molar-refractivity contribution in [1.29, 1.82) is 0 Å². The highest BCUT2D eigenvalue weighted by Crippen LogP contribution is 2.72. The van der Waals surface area contributed by atoms with Crippen molar-refractivity contribution in [1.82, 2.24) is 0 Å². The summed E-state index contributed by atoms with van der Waals surface area (Å²) in [6.07, 6.45) is -4.67. The van der Waals surface area contributed by atoms with Crippen molar-refractivity contribution in [2.75, 3.05) is 19.8 Å². The number of hydrogen-bond acceptors (Lipinski definition) is 13. The van der Waals surface area contributed by atoms with Crippen LogP contribution >= 0.6 is 0 Å². The molecule has 0 bridgehead atoms. The summed E-state index contributed by atoms with van der Waals surface area (Å²) < 4.78 is 30.5. The van der Waals surface area contributed by atoms with E-state index in [1.807, 2.05) is 6.92 Å². The maximum Gasteiger partial charge on any atom is 0.186 e. The highest BCUT2D eigenvalue weighted by molar-refractivity contribution is 5.80. The van der Waals surface area contributed by atoms with Gasteiger partial charge in [-0.15, -0.1) is 0 Å². The van der Waals surface area contributed by atoms with E-state index >= 15 is 0 Å². The molecule has 4 saturated carbocycles. The van der Waals surface area contributed by atoms with Crippen LogP contribution in [0.2, 0.25) is 0 Å². The summed E-state index contributed by atoms with van der Waals surface area (Å²) >= 11 is 0. The minimum Gasteiger partial charge on any atom is -0.494 e. The van der Waals surface area contributed by atoms with Gasteiger partial charge < -0.3 is 59.4 Å². The standard InChI is InChI=1S/C39H62O13/c1-18(16-48-35-34(47)32(45)31(44)27(15-40)51-35)6-7-25-19(2)29-26(50-25)13-23-21-12-28(52-36-33(46)30(43)24(42)17-49-36)39(5)14-20(41)8-11-38(39,4)22(21)9-10-37(23,29)3/h18,21-24,26-36,40,42-47H,6-17H2,1-5H3. The average Bonchev–Trinajstić information content (AvgIpc) is 3.59. The van der Waals surface area contributed by atoms with Gasteiger partial charge in [-0.25, -0.2) is 0 Å². The van der Waals surface area contributed by atoms with Crippen molar-refractivity contribution in [3.05, 3.63) is 11.3 Å². The van der Waals surface area contributed by atoms with Crippen molar-refractivity contribution < 1.29 is 64.2 Å². The Morgan fingerprint density at radius 3 is 2.37 bits per heavy atom. The monoisotopic (exact) mass is 738 g/mol. The maximum absolute atomic E-state index is 13.0. The number of rotatable bonds is 9. The lowest BCUT2D eigenvalue weighted by molar-refractivity contribution is -0.316. The maximum atomic E-state index is 13.0. The molecule has 13 heteroatoms. The number of carbonyl (C=O) groups is 1. The largest absolute Gasteiger partial charge is 0.494 e. The van der Waals surface area contributed by atoms with Crippen molar-refractivity contribution in [2.24, 2.45) is 45.8 Å². The molecule has 13 nitrogen and oxygen atoms in total. The Morgan fingerprint density at radius 2 is 1.63 bits per heavy atom. The van der Waals surface area contributed by atoms with E-state index in [1.54, 1.807) is 0 Å². The molecule has 7 aliphatic rings. The quantitative estimate of drug-likeness (QED) is 0.168. The molecule has 19 unspecified atom stereocenters. The third-order valence-electron chi connectivity index (χ3n) is 15.5. The van der Waals surface area contributed by atoms with E-state index < -0.39 is 67.3 Å². The summed E-state index contributed by atoms with van der Waals surface area (Å²) in [4.78, 5) is 13.0. The summed E-state index contributed by atoms with van der Waals surface area (Å²) in [6, 6.07) is 0. The Labute approximate surface area is 306 Å². The zero-order valence-electron chi connectivity index (χ0n) is 31.3. The van der Waals surface area contributed by atoms with Crippen LogP contribution in [0.4, 0.5) is 0 Å². The van der Waals surface area contributed by atoms with Gasteiger partial charge in [-0.05, 0) is 85.5 Å². The Balaban J connectivity index is 1.04. The predicted molar refractivity (Wildman–Crippen MR) is 184 cm³/mol. The van der Waals surface area contributed by atoms with Crippen molar-refractivity contribution >= 4 is 5.78 Å². The first-order chi connectivity index (χ1) is 24.5. The van der Waals surface area contributed by atoms with Crippen molar-refractivity contribution in [3.8, 4) is 0 Å². The summed E-state index contributed by atoms with van der Waals surface area (Å²) in [7, 11) is 0. The fourth-order valence-corrected chi connectivity index (χ4v) is 12.2. The lowest BCUT2D eigenvalue weighted by atomic mass is 9.39. The van der Waals surface area contributed by atoms with Crippen molar-refractivity contribution in [2.45, 2.75) is 160 Å². The molecule has 7 N–H and O–H groups in total. The average molecular weight is 739 g/mol. The SMILES string of the molecule is CC1=C(CCC(C)COC2OC(CO)C(O)C(O)C2O)OC2CC3C4CC(OC5OCC(O)C(O)C5O)C5(C)CC(=O)CCC5(C)C4CCC3(C)C12. The van der Waals surface area contributed by atoms with Gasteiger partial charge in [0.05, 0.1) is 31.7 Å². The van der Waals surface area contributed by atoms with Gasteiger partial charge in [0.2, 0.25) is 0 Å². The summed E-state index contributed by atoms with van der Waals surface area (Å²) in [5.74, 6) is 2.79. The first-order valence-electron chi connectivity index (χ1n) is 19.7. The number of Topliss-reactive ketones (excluding diaryl/α,β-unsaturated/α-hetero) is 1. The second-order valence-electron chi connectivity index (χ2n) is 18.2. The van der Waals surface area contributed by atoms with E-state index in [2.05, 4.69) is 27.7 Å². The first kappa shape index (κ1) is 39.0. The van der Waals surface area contributed by atoms with Crippen LogP contribution < -0.4 is 0 Å². The van der Waals surface area contributed by atoms with Crippen LogP contribution in [0.25, 0.3) is 0 Å². The number of ketones is 1. The van der Waals surface area contributed by atoms with Gasteiger partial charge in [0, 0.05) is 30.6 Å². The molecule has 296 valence electrons. The van der Waals surface area contributed by atoms with Crippen LogP contribution in [0, 0.1) is 45.8 Å².